The van der Waals surface area contributed by atoms with Gasteiger partial charge < -0.3 is 20.9 Å². The van der Waals surface area contributed by atoms with Crippen LogP contribution >= 0.6 is 0 Å². The molecule has 1 rings (SSSR count). The Bertz CT molecular complexity index is 462. The number of pyridine rings is 1. The molecule has 1 aromatic rings. The van der Waals surface area contributed by atoms with Gasteiger partial charge in [0.1, 0.15) is 0 Å². The molecule has 9 heteroatoms. The molecule has 1 heterocycles. The number of anilines is 1. The lowest BCUT2D eigenvalue weighted by molar-refractivity contribution is -0.274. The fraction of sp³-hybridized carbons (Fsp3) is 0.333. The number of halogens is 3. The van der Waals surface area contributed by atoms with E-state index >= 15 is 0 Å². The van der Waals surface area contributed by atoms with E-state index in [0.717, 1.165) is 13.3 Å². The standard InChI is InChI=1S/C9H10F3N3O3/c1-17-8(16)5-3-15-7(14)6(4(5)2-13)18-9(10,11)12/h3H,2,13H2,1H3,(H2,14,15). The monoisotopic (exact) mass is 265 g/mol. The Labute approximate surface area is 99.7 Å². The van der Waals surface area contributed by atoms with Crippen molar-refractivity contribution in [1.82, 2.24) is 4.98 Å². The van der Waals surface area contributed by atoms with Gasteiger partial charge in [0.05, 0.1) is 12.7 Å². The van der Waals surface area contributed by atoms with Crippen molar-refractivity contribution in [2.75, 3.05) is 12.8 Å². The fourth-order valence-corrected chi connectivity index (χ4v) is 1.27. The van der Waals surface area contributed by atoms with Crippen LogP contribution in [0.25, 0.3) is 0 Å². The van der Waals surface area contributed by atoms with E-state index in [0.29, 0.717) is 0 Å². The molecule has 100 valence electrons. The molecule has 6 nitrogen and oxygen atoms in total. The first-order chi connectivity index (χ1) is 8.30. The second-order valence-electron chi connectivity index (χ2n) is 3.11. The van der Waals surface area contributed by atoms with Gasteiger partial charge in [-0.05, 0) is 0 Å². The Balaban J connectivity index is 3.35. The minimum atomic E-state index is -4.96. The quantitative estimate of drug-likeness (QED) is 0.784. The third kappa shape index (κ3) is 3.00. The summed E-state index contributed by atoms with van der Waals surface area (Å²) in [4.78, 5) is 14.8. The second kappa shape index (κ2) is 5.08. The molecule has 0 radical (unpaired) electrons. The van der Waals surface area contributed by atoms with Crippen LogP contribution < -0.4 is 16.2 Å². The molecule has 4 N–H and O–H groups in total. The van der Waals surface area contributed by atoms with Crippen LogP contribution in [-0.4, -0.2) is 24.4 Å². The van der Waals surface area contributed by atoms with Gasteiger partial charge in [-0.2, -0.15) is 0 Å². The lowest BCUT2D eigenvalue weighted by Gasteiger charge is -2.15. The Hall–Kier alpha value is -2.03. The number of hydrogen-bond acceptors (Lipinski definition) is 6. The molecule has 0 aliphatic carbocycles. The molecular weight excluding hydrogens is 255 g/mol. The number of esters is 1. The molecule has 1 aromatic heterocycles. The van der Waals surface area contributed by atoms with E-state index in [-0.39, 0.29) is 17.7 Å². The molecule has 0 aliphatic rings. The molecule has 0 aliphatic heterocycles. The van der Waals surface area contributed by atoms with E-state index < -0.39 is 23.9 Å². The van der Waals surface area contributed by atoms with Gasteiger partial charge in [0.25, 0.3) is 0 Å². The molecule has 0 saturated carbocycles. The van der Waals surface area contributed by atoms with Gasteiger partial charge in [-0.1, -0.05) is 0 Å². The number of carbonyl (C=O) groups is 1. The van der Waals surface area contributed by atoms with Crippen molar-refractivity contribution < 1.29 is 27.4 Å². The summed E-state index contributed by atoms with van der Waals surface area (Å²) in [6.45, 7) is -0.386. The number of alkyl halides is 3. The molecule has 0 bridgehead atoms. The van der Waals surface area contributed by atoms with Crippen LogP contribution in [0.1, 0.15) is 15.9 Å². The van der Waals surface area contributed by atoms with E-state index in [1.54, 1.807) is 0 Å². The van der Waals surface area contributed by atoms with Crippen molar-refractivity contribution in [2.24, 2.45) is 5.73 Å². The Morgan fingerprint density at radius 2 is 2.11 bits per heavy atom. The first-order valence-corrected chi connectivity index (χ1v) is 4.61. The summed E-state index contributed by atoms with van der Waals surface area (Å²) >= 11 is 0. The van der Waals surface area contributed by atoms with Gasteiger partial charge in [0.15, 0.2) is 11.6 Å². The third-order valence-corrected chi connectivity index (χ3v) is 1.99. The van der Waals surface area contributed by atoms with E-state index in [2.05, 4.69) is 14.5 Å². The maximum atomic E-state index is 12.2. The van der Waals surface area contributed by atoms with Crippen LogP contribution in [0.2, 0.25) is 0 Å². The van der Waals surface area contributed by atoms with Gasteiger partial charge in [-0.3, -0.25) is 0 Å². The fourth-order valence-electron chi connectivity index (χ4n) is 1.27. The number of ether oxygens (including phenoxy) is 2. The largest absolute Gasteiger partial charge is 0.573 e. The summed E-state index contributed by atoms with van der Waals surface area (Å²) in [6, 6.07) is 0. The molecule has 0 aromatic carbocycles. The Morgan fingerprint density at radius 1 is 1.50 bits per heavy atom. The average Bonchev–Trinajstić information content (AvgIpc) is 2.29. The van der Waals surface area contributed by atoms with Gasteiger partial charge >= 0.3 is 12.3 Å². The van der Waals surface area contributed by atoms with Crippen molar-refractivity contribution in [1.29, 1.82) is 0 Å². The van der Waals surface area contributed by atoms with Crippen LogP contribution in [0.5, 0.6) is 5.75 Å². The number of aromatic nitrogens is 1. The minimum absolute atomic E-state index is 0.216. The van der Waals surface area contributed by atoms with Gasteiger partial charge in [0, 0.05) is 18.3 Å². The van der Waals surface area contributed by atoms with E-state index in [1.165, 1.54) is 0 Å². The van der Waals surface area contributed by atoms with Crippen molar-refractivity contribution >= 4 is 11.8 Å². The van der Waals surface area contributed by atoms with E-state index in [1.807, 2.05) is 0 Å². The zero-order valence-corrected chi connectivity index (χ0v) is 9.25. The smallest absolute Gasteiger partial charge is 0.465 e. The van der Waals surface area contributed by atoms with Gasteiger partial charge in [0.2, 0.25) is 0 Å². The highest BCUT2D eigenvalue weighted by molar-refractivity contribution is 5.92. The number of hydrogen-bond donors (Lipinski definition) is 2. The number of carbonyl (C=O) groups excluding carboxylic acids is 1. The van der Waals surface area contributed by atoms with Crippen LogP contribution in [-0.2, 0) is 11.3 Å². The second-order valence-corrected chi connectivity index (χ2v) is 3.11. The summed E-state index contributed by atoms with van der Waals surface area (Å²) in [5.41, 5.74) is 10.1. The molecule has 0 atom stereocenters. The number of rotatable bonds is 3. The molecule has 0 fully saturated rings. The van der Waals surface area contributed by atoms with Crippen LogP contribution in [0, 0.1) is 0 Å². The van der Waals surface area contributed by atoms with Crippen LogP contribution in [0.15, 0.2) is 6.20 Å². The Morgan fingerprint density at radius 3 is 2.56 bits per heavy atom. The third-order valence-electron chi connectivity index (χ3n) is 1.99. The van der Waals surface area contributed by atoms with E-state index in [4.69, 9.17) is 11.5 Å². The van der Waals surface area contributed by atoms with Crippen LogP contribution in [0.3, 0.4) is 0 Å². The normalized spacial score (nSPS) is 11.2. The summed E-state index contributed by atoms with van der Waals surface area (Å²) < 4.78 is 44.7. The summed E-state index contributed by atoms with van der Waals surface area (Å²) in [7, 11) is 1.07. The number of nitrogen functional groups attached to an aromatic ring is 1. The number of nitrogens with zero attached hydrogens (tertiary/aromatic N) is 1. The van der Waals surface area contributed by atoms with Gasteiger partial charge in [-0.15, -0.1) is 13.2 Å². The van der Waals surface area contributed by atoms with Crippen molar-refractivity contribution in [3.05, 3.63) is 17.3 Å². The summed E-state index contributed by atoms with van der Waals surface area (Å²) in [6.07, 6.45) is -3.99. The first-order valence-electron chi connectivity index (χ1n) is 4.61. The predicted molar refractivity (Wildman–Crippen MR) is 54.6 cm³/mol. The SMILES string of the molecule is COC(=O)c1cnc(N)c(OC(F)(F)F)c1CN. The van der Waals surface area contributed by atoms with Crippen molar-refractivity contribution in [3.63, 3.8) is 0 Å². The summed E-state index contributed by atoms with van der Waals surface area (Å²) in [5.74, 6) is -2.18. The molecule has 0 saturated heterocycles. The number of nitrogens with two attached hydrogens (primary N) is 2. The minimum Gasteiger partial charge on any atom is -0.465 e. The number of methoxy groups -OCH3 is 1. The predicted octanol–water partition coefficient (Wildman–Crippen LogP) is 0.808. The Kier molecular flexibility index (Phi) is 3.96. The highest BCUT2D eigenvalue weighted by Gasteiger charge is 2.34. The maximum Gasteiger partial charge on any atom is 0.573 e. The van der Waals surface area contributed by atoms with Crippen molar-refractivity contribution in [2.45, 2.75) is 12.9 Å². The molecule has 0 unspecified atom stereocenters. The average molecular weight is 265 g/mol. The molecular formula is C9H10F3N3O3. The molecule has 0 spiro atoms. The zero-order valence-electron chi connectivity index (χ0n) is 9.25. The molecule has 0 amide bonds. The topological polar surface area (TPSA) is 100 Å². The first kappa shape index (κ1) is 14.0. The maximum absolute atomic E-state index is 12.2. The van der Waals surface area contributed by atoms with Gasteiger partial charge in [-0.25, -0.2) is 9.78 Å². The lowest BCUT2D eigenvalue weighted by Crippen LogP contribution is -2.22. The highest BCUT2D eigenvalue weighted by Crippen LogP contribution is 2.32. The zero-order chi connectivity index (χ0) is 13.9. The highest BCUT2D eigenvalue weighted by atomic mass is 19.4. The summed E-state index contributed by atoms with van der Waals surface area (Å²) in [5, 5.41) is 0. The van der Waals surface area contributed by atoms with Crippen LogP contribution in [0.4, 0.5) is 19.0 Å². The molecule has 18 heavy (non-hydrogen) atoms. The van der Waals surface area contributed by atoms with Crippen molar-refractivity contribution in [3.8, 4) is 5.75 Å². The van der Waals surface area contributed by atoms with E-state index in [9.17, 15) is 18.0 Å². The lowest BCUT2D eigenvalue weighted by atomic mass is 10.1.